The number of nitrogens with zero attached hydrogens (tertiary/aromatic N) is 1. The van der Waals surface area contributed by atoms with Gasteiger partial charge >= 0.3 is 0 Å². The molecule has 0 fully saturated rings. The fourth-order valence-electron chi connectivity index (χ4n) is 2.39. The molecule has 0 aliphatic rings. The lowest BCUT2D eigenvalue weighted by molar-refractivity contribution is 0.911. The molecule has 1 atom stereocenters. The third-order valence-electron chi connectivity index (χ3n) is 3.74. The van der Waals surface area contributed by atoms with Crippen LogP contribution in [0.1, 0.15) is 24.1 Å². The van der Waals surface area contributed by atoms with E-state index in [0.717, 1.165) is 11.3 Å². The SMILES string of the molecule is C[C@H](/C=C/c1ccccc1)c1ccc(-c2ccccc2)cn1. The Labute approximate surface area is 132 Å². The van der Waals surface area contributed by atoms with Crippen molar-refractivity contribution in [2.45, 2.75) is 12.8 Å². The monoisotopic (exact) mass is 285 g/mol. The van der Waals surface area contributed by atoms with E-state index in [9.17, 15) is 0 Å². The zero-order valence-corrected chi connectivity index (χ0v) is 12.7. The van der Waals surface area contributed by atoms with Gasteiger partial charge in [-0.15, -0.1) is 0 Å². The third-order valence-corrected chi connectivity index (χ3v) is 3.74. The first-order valence-corrected chi connectivity index (χ1v) is 7.57. The number of benzene rings is 2. The van der Waals surface area contributed by atoms with Gasteiger partial charge in [0.2, 0.25) is 0 Å². The molecule has 108 valence electrons. The maximum atomic E-state index is 4.62. The normalized spacial score (nSPS) is 12.4. The van der Waals surface area contributed by atoms with Crippen molar-refractivity contribution < 1.29 is 0 Å². The maximum Gasteiger partial charge on any atom is 0.0469 e. The molecule has 0 amide bonds. The van der Waals surface area contributed by atoms with Crippen LogP contribution in [-0.4, -0.2) is 4.98 Å². The Morgan fingerprint density at radius 3 is 2.09 bits per heavy atom. The van der Waals surface area contributed by atoms with E-state index >= 15 is 0 Å². The summed E-state index contributed by atoms with van der Waals surface area (Å²) in [6.07, 6.45) is 6.30. The molecule has 22 heavy (non-hydrogen) atoms. The molecule has 1 aromatic heterocycles. The number of aromatic nitrogens is 1. The van der Waals surface area contributed by atoms with Crippen LogP contribution in [0.4, 0.5) is 0 Å². The summed E-state index contributed by atoms with van der Waals surface area (Å²) in [6, 6.07) is 25.0. The Morgan fingerprint density at radius 2 is 1.45 bits per heavy atom. The molecular weight excluding hydrogens is 266 g/mol. The zero-order chi connectivity index (χ0) is 15.2. The average Bonchev–Trinajstić information content (AvgIpc) is 2.61. The highest BCUT2D eigenvalue weighted by Gasteiger charge is 2.04. The Morgan fingerprint density at radius 1 is 0.773 bits per heavy atom. The van der Waals surface area contributed by atoms with Crippen molar-refractivity contribution in [3.63, 3.8) is 0 Å². The highest BCUT2D eigenvalue weighted by Crippen LogP contribution is 2.21. The lowest BCUT2D eigenvalue weighted by Gasteiger charge is -2.07. The Bertz CT molecular complexity index is 728. The Kier molecular flexibility index (Phi) is 4.45. The van der Waals surface area contributed by atoms with Crippen LogP contribution >= 0.6 is 0 Å². The van der Waals surface area contributed by atoms with Crippen LogP contribution < -0.4 is 0 Å². The molecule has 0 saturated heterocycles. The van der Waals surface area contributed by atoms with E-state index in [-0.39, 0.29) is 0 Å². The van der Waals surface area contributed by atoms with Crippen molar-refractivity contribution in [2.24, 2.45) is 0 Å². The molecule has 0 bridgehead atoms. The molecule has 1 heteroatoms. The number of rotatable bonds is 4. The second-order valence-electron chi connectivity index (χ2n) is 5.40. The number of hydrogen-bond donors (Lipinski definition) is 0. The molecular formula is C21H19N. The summed E-state index contributed by atoms with van der Waals surface area (Å²) in [4.78, 5) is 4.62. The highest BCUT2D eigenvalue weighted by atomic mass is 14.7. The fourth-order valence-corrected chi connectivity index (χ4v) is 2.39. The first-order chi connectivity index (χ1) is 10.8. The predicted octanol–water partition coefficient (Wildman–Crippen LogP) is 5.57. The molecule has 0 saturated carbocycles. The molecule has 0 spiro atoms. The molecule has 0 unspecified atom stereocenters. The molecule has 2 aromatic carbocycles. The second kappa shape index (κ2) is 6.86. The molecule has 0 aliphatic carbocycles. The second-order valence-corrected chi connectivity index (χ2v) is 5.40. The molecule has 0 aliphatic heterocycles. The van der Waals surface area contributed by atoms with Crippen LogP contribution in [0.3, 0.4) is 0 Å². The van der Waals surface area contributed by atoms with Crippen LogP contribution in [0, 0.1) is 0 Å². The van der Waals surface area contributed by atoms with Gasteiger partial charge in [-0.2, -0.15) is 0 Å². The molecule has 0 N–H and O–H groups in total. The summed E-state index contributed by atoms with van der Waals surface area (Å²) in [5, 5.41) is 0. The predicted molar refractivity (Wildman–Crippen MR) is 93.6 cm³/mol. The van der Waals surface area contributed by atoms with E-state index in [1.54, 1.807) is 0 Å². The first-order valence-electron chi connectivity index (χ1n) is 7.57. The van der Waals surface area contributed by atoms with Crippen LogP contribution in [-0.2, 0) is 0 Å². The zero-order valence-electron chi connectivity index (χ0n) is 12.7. The largest absolute Gasteiger partial charge is 0.260 e. The Hall–Kier alpha value is -2.67. The minimum Gasteiger partial charge on any atom is -0.260 e. The Balaban J connectivity index is 1.74. The summed E-state index contributed by atoms with van der Waals surface area (Å²) >= 11 is 0. The van der Waals surface area contributed by atoms with Gasteiger partial charge in [-0.05, 0) is 17.2 Å². The summed E-state index contributed by atoms with van der Waals surface area (Å²) in [6.45, 7) is 2.17. The van der Waals surface area contributed by atoms with Crippen LogP contribution in [0.15, 0.2) is 85.1 Å². The van der Waals surface area contributed by atoms with E-state index in [1.807, 2.05) is 18.3 Å². The van der Waals surface area contributed by atoms with Gasteiger partial charge in [0.1, 0.15) is 0 Å². The van der Waals surface area contributed by atoms with Gasteiger partial charge in [0.25, 0.3) is 0 Å². The molecule has 3 aromatic rings. The van der Waals surface area contributed by atoms with Crippen molar-refractivity contribution >= 4 is 6.08 Å². The quantitative estimate of drug-likeness (QED) is 0.611. The minimum atomic E-state index is 0.296. The van der Waals surface area contributed by atoms with Crippen molar-refractivity contribution in [2.75, 3.05) is 0 Å². The average molecular weight is 285 g/mol. The van der Waals surface area contributed by atoms with Gasteiger partial charge in [-0.25, -0.2) is 0 Å². The van der Waals surface area contributed by atoms with E-state index in [2.05, 4.69) is 84.7 Å². The van der Waals surface area contributed by atoms with Crippen molar-refractivity contribution in [1.82, 2.24) is 4.98 Å². The highest BCUT2D eigenvalue weighted by molar-refractivity contribution is 5.62. The molecule has 1 nitrogen and oxygen atoms in total. The summed E-state index contributed by atoms with van der Waals surface area (Å²) in [5.74, 6) is 0.296. The van der Waals surface area contributed by atoms with Crippen LogP contribution in [0.2, 0.25) is 0 Å². The first kappa shape index (κ1) is 14.3. The fraction of sp³-hybridized carbons (Fsp3) is 0.0952. The number of allylic oxidation sites excluding steroid dienone is 1. The smallest absolute Gasteiger partial charge is 0.0469 e. The topological polar surface area (TPSA) is 12.9 Å². The van der Waals surface area contributed by atoms with E-state index in [4.69, 9.17) is 0 Å². The van der Waals surface area contributed by atoms with Crippen molar-refractivity contribution in [3.8, 4) is 11.1 Å². The molecule has 1 heterocycles. The van der Waals surface area contributed by atoms with E-state index < -0.39 is 0 Å². The van der Waals surface area contributed by atoms with Gasteiger partial charge in [0, 0.05) is 23.4 Å². The van der Waals surface area contributed by atoms with E-state index in [1.165, 1.54) is 11.1 Å². The molecule has 0 radical (unpaired) electrons. The number of pyridine rings is 1. The third kappa shape index (κ3) is 3.50. The number of hydrogen-bond acceptors (Lipinski definition) is 1. The summed E-state index contributed by atoms with van der Waals surface area (Å²) < 4.78 is 0. The standard InChI is InChI=1S/C21H19N/c1-17(12-13-18-8-4-2-5-9-18)21-15-14-20(16-22-21)19-10-6-3-7-11-19/h2-17H,1H3/b13-12+/t17-/m1/s1. The van der Waals surface area contributed by atoms with Gasteiger partial charge in [0.15, 0.2) is 0 Å². The van der Waals surface area contributed by atoms with Gasteiger partial charge in [0.05, 0.1) is 0 Å². The van der Waals surface area contributed by atoms with Gasteiger partial charge < -0.3 is 0 Å². The van der Waals surface area contributed by atoms with Crippen LogP contribution in [0.5, 0.6) is 0 Å². The lowest BCUT2D eigenvalue weighted by atomic mass is 10.0. The maximum absolute atomic E-state index is 4.62. The van der Waals surface area contributed by atoms with Crippen molar-refractivity contribution in [3.05, 3.63) is 96.3 Å². The van der Waals surface area contributed by atoms with Crippen LogP contribution in [0.25, 0.3) is 17.2 Å². The van der Waals surface area contributed by atoms with Crippen molar-refractivity contribution in [1.29, 1.82) is 0 Å². The summed E-state index contributed by atoms with van der Waals surface area (Å²) in [7, 11) is 0. The van der Waals surface area contributed by atoms with Gasteiger partial charge in [-0.3, -0.25) is 4.98 Å². The van der Waals surface area contributed by atoms with E-state index in [0.29, 0.717) is 5.92 Å². The van der Waals surface area contributed by atoms with Gasteiger partial charge in [-0.1, -0.05) is 85.8 Å². The summed E-state index contributed by atoms with van der Waals surface area (Å²) in [5.41, 5.74) is 4.67. The minimum absolute atomic E-state index is 0.296. The molecule has 3 rings (SSSR count). The lowest BCUT2D eigenvalue weighted by Crippen LogP contribution is -1.93.